The van der Waals surface area contributed by atoms with Crippen LogP contribution in [0.4, 0.5) is 10.5 Å². The molecule has 3 aromatic carbocycles. The Morgan fingerprint density at radius 3 is 1.72 bits per heavy atom. The van der Waals surface area contributed by atoms with Gasteiger partial charge in [-0.1, -0.05) is 17.7 Å². The number of ketones is 2. The first-order valence-electron chi connectivity index (χ1n) is 10.8. The normalized spacial score (nSPS) is 11.8. The second kappa shape index (κ2) is 10.2. The van der Waals surface area contributed by atoms with Crippen LogP contribution in [0.1, 0.15) is 56.8 Å². The third-order valence-electron chi connectivity index (χ3n) is 5.26. The number of aryl methyl sites for hydroxylation is 2. The molecule has 0 spiro atoms. The van der Waals surface area contributed by atoms with Crippen molar-refractivity contribution in [3.63, 3.8) is 0 Å². The summed E-state index contributed by atoms with van der Waals surface area (Å²) in [7, 11) is 0. The zero-order valence-corrected chi connectivity index (χ0v) is 20.6. The van der Waals surface area contributed by atoms with Crippen LogP contribution < -0.4 is 5.32 Å². The van der Waals surface area contributed by atoms with E-state index in [4.69, 9.17) is 16.3 Å². The van der Waals surface area contributed by atoms with Gasteiger partial charge in [0.25, 0.3) is 0 Å². The van der Waals surface area contributed by atoms with Gasteiger partial charge in [-0.15, -0.1) is 0 Å². The molecule has 0 aromatic heterocycles. The maximum atomic E-state index is 12.6. The predicted octanol–water partition coefficient (Wildman–Crippen LogP) is 5.20. The minimum atomic E-state index is -0.825. The number of phenolic OH excluding ortho intramolecular Hbond substituents is 4. The van der Waals surface area contributed by atoms with Crippen LogP contribution in [-0.2, 0) is 4.74 Å². The quantitative estimate of drug-likeness (QED) is 0.229. The van der Waals surface area contributed by atoms with Crippen LogP contribution in [0.15, 0.2) is 36.4 Å². The summed E-state index contributed by atoms with van der Waals surface area (Å²) in [5.74, 6) is -3.44. The molecule has 0 unspecified atom stereocenters. The van der Waals surface area contributed by atoms with Crippen molar-refractivity contribution < 1.29 is 39.5 Å². The fourth-order valence-corrected chi connectivity index (χ4v) is 3.85. The smallest absolute Gasteiger partial charge is 0.411 e. The maximum Gasteiger partial charge on any atom is 0.411 e. The summed E-state index contributed by atoms with van der Waals surface area (Å²) in [5.41, 5.74) is -0.416. The lowest BCUT2D eigenvalue weighted by atomic mass is 9.80. The number of phenols is 4. The summed E-state index contributed by atoms with van der Waals surface area (Å²) in [6.07, 6.45) is -0.601. The number of halogens is 1. The monoisotopic (exact) mass is 513 g/mol. The molecular formula is C26H24ClNO8. The molecule has 0 fully saturated rings. The summed E-state index contributed by atoms with van der Waals surface area (Å²) in [6, 6.07) is 9.22. The van der Waals surface area contributed by atoms with Gasteiger partial charge in [0.1, 0.15) is 23.0 Å². The Morgan fingerprint density at radius 2 is 1.31 bits per heavy atom. The Hall–Kier alpha value is -4.24. The molecule has 0 heterocycles. The number of anilines is 1. The van der Waals surface area contributed by atoms with E-state index < -0.39 is 40.7 Å². The molecular weight excluding hydrogens is 490 g/mol. The van der Waals surface area contributed by atoms with E-state index in [9.17, 15) is 34.8 Å². The number of rotatable bonds is 2. The highest BCUT2D eigenvalue weighted by atomic mass is 35.5. The SMILES string of the molecule is CC(C)OC(=O)Nc1cccc(Cl)c1.Cc1cc(O)c2c(c1O)C(=O)c1c(O)cc(C)c(O)c1C2=O. The van der Waals surface area contributed by atoms with Crippen molar-refractivity contribution in [3.05, 3.63) is 74.8 Å². The van der Waals surface area contributed by atoms with Gasteiger partial charge >= 0.3 is 6.09 Å². The third kappa shape index (κ3) is 5.06. The van der Waals surface area contributed by atoms with Crippen LogP contribution in [0.5, 0.6) is 23.0 Å². The number of nitrogens with one attached hydrogen (secondary N) is 1. The average molecular weight is 514 g/mol. The fraction of sp³-hybridized carbons (Fsp3) is 0.192. The Balaban J connectivity index is 0.000000223. The number of fused-ring (bicyclic) bond motifs is 2. The van der Waals surface area contributed by atoms with E-state index in [1.807, 2.05) is 0 Å². The molecule has 1 amide bonds. The van der Waals surface area contributed by atoms with Gasteiger partial charge in [0.2, 0.25) is 11.6 Å². The maximum absolute atomic E-state index is 12.6. The fourth-order valence-electron chi connectivity index (χ4n) is 3.66. The topological polar surface area (TPSA) is 153 Å². The second-order valence-corrected chi connectivity index (χ2v) is 8.81. The van der Waals surface area contributed by atoms with Gasteiger partial charge in [-0.05, 0) is 69.2 Å². The predicted molar refractivity (Wildman–Crippen MR) is 133 cm³/mol. The van der Waals surface area contributed by atoms with Crippen molar-refractivity contribution in [3.8, 4) is 23.0 Å². The van der Waals surface area contributed by atoms with Crippen molar-refractivity contribution in [2.75, 3.05) is 5.32 Å². The van der Waals surface area contributed by atoms with Crippen molar-refractivity contribution in [1.82, 2.24) is 0 Å². The van der Waals surface area contributed by atoms with Gasteiger partial charge in [0.15, 0.2) is 0 Å². The van der Waals surface area contributed by atoms with Gasteiger partial charge in [0.05, 0.1) is 28.4 Å². The van der Waals surface area contributed by atoms with Crippen LogP contribution in [0.25, 0.3) is 0 Å². The number of amides is 1. The molecule has 1 aliphatic carbocycles. The minimum absolute atomic E-state index is 0.130. The number of benzene rings is 3. The Morgan fingerprint density at radius 1 is 0.833 bits per heavy atom. The van der Waals surface area contributed by atoms with Crippen LogP contribution in [-0.4, -0.2) is 44.2 Å². The molecule has 5 N–H and O–H groups in total. The highest BCUT2D eigenvalue weighted by Crippen LogP contribution is 2.45. The number of hydrogen-bond acceptors (Lipinski definition) is 8. The van der Waals surface area contributed by atoms with E-state index in [0.29, 0.717) is 10.7 Å². The lowest BCUT2D eigenvalue weighted by Crippen LogP contribution is -2.22. The summed E-state index contributed by atoms with van der Waals surface area (Å²) in [4.78, 5) is 36.3. The largest absolute Gasteiger partial charge is 0.507 e. The van der Waals surface area contributed by atoms with Crippen molar-refractivity contribution in [1.29, 1.82) is 0 Å². The number of carbonyl (C=O) groups is 3. The van der Waals surface area contributed by atoms with Gasteiger partial charge < -0.3 is 25.2 Å². The van der Waals surface area contributed by atoms with Crippen LogP contribution in [0.2, 0.25) is 5.02 Å². The third-order valence-corrected chi connectivity index (χ3v) is 5.50. The first kappa shape index (κ1) is 26.4. The number of hydrogen-bond donors (Lipinski definition) is 5. The molecule has 188 valence electrons. The van der Waals surface area contributed by atoms with E-state index in [-0.39, 0.29) is 39.5 Å². The van der Waals surface area contributed by atoms with Crippen molar-refractivity contribution in [2.24, 2.45) is 0 Å². The molecule has 4 rings (SSSR count). The Kier molecular flexibility index (Phi) is 7.45. The van der Waals surface area contributed by atoms with E-state index in [0.717, 1.165) is 12.1 Å². The summed E-state index contributed by atoms with van der Waals surface area (Å²) in [5, 5.41) is 43.2. The molecule has 10 heteroatoms. The molecule has 0 saturated heterocycles. The summed E-state index contributed by atoms with van der Waals surface area (Å²) >= 11 is 5.74. The first-order valence-corrected chi connectivity index (χ1v) is 11.1. The van der Waals surface area contributed by atoms with Crippen LogP contribution in [0, 0.1) is 13.8 Å². The molecule has 0 saturated carbocycles. The first-order chi connectivity index (χ1) is 16.8. The molecule has 0 atom stereocenters. The van der Waals surface area contributed by atoms with Crippen LogP contribution in [0.3, 0.4) is 0 Å². The molecule has 0 aliphatic heterocycles. The van der Waals surface area contributed by atoms with E-state index in [2.05, 4.69) is 5.32 Å². The lowest BCUT2D eigenvalue weighted by Gasteiger charge is -2.22. The highest BCUT2D eigenvalue weighted by molar-refractivity contribution is 6.32. The molecule has 9 nitrogen and oxygen atoms in total. The molecule has 0 radical (unpaired) electrons. The van der Waals surface area contributed by atoms with Gasteiger partial charge in [-0.3, -0.25) is 14.9 Å². The second-order valence-electron chi connectivity index (χ2n) is 8.37. The number of carbonyl (C=O) groups excluding carboxylic acids is 3. The summed E-state index contributed by atoms with van der Waals surface area (Å²) < 4.78 is 4.90. The van der Waals surface area contributed by atoms with Gasteiger partial charge in [-0.25, -0.2) is 4.79 Å². The van der Waals surface area contributed by atoms with E-state index >= 15 is 0 Å². The average Bonchev–Trinajstić information content (AvgIpc) is 2.77. The lowest BCUT2D eigenvalue weighted by molar-refractivity contribution is 0.0969. The minimum Gasteiger partial charge on any atom is -0.507 e. The zero-order valence-electron chi connectivity index (χ0n) is 19.8. The highest BCUT2D eigenvalue weighted by Gasteiger charge is 2.39. The van der Waals surface area contributed by atoms with Gasteiger partial charge in [-0.2, -0.15) is 0 Å². The molecule has 0 bridgehead atoms. The zero-order chi connectivity index (χ0) is 26.9. The van der Waals surface area contributed by atoms with Crippen molar-refractivity contribution >= 4 is 34.9 Å². The van der Waals surface area contributed by atoms with Gasteiger partial charge in [0, 0.05) is 10.7 Å². The number of ether oxygens (including phenoxy) is 1. The van der Waals surface area contributed by atoms with E-state index in [1.165, 1.54) is 13.8 Å². The molecule has 3 aromatic rings. The number of aromatic hydroxyl groups is 4. The molecule has 36 heavy (non-hydrogen) atoms. The van der Waals surface area contributed by atoms with E-state index in [1.54, 1.807) is 38.1 Å². The molecule has 1 aliphatic rings. The van der Waals surface area contributed by atoms with Crippen molar-refractivity contribution in [2.45, 2.75) is 33.8 Å². The standard InChI is InChI=1S/C16H12O6.C10H12ClNO2/c1-5-3-7(17)9-11(13(5)19)15(21)10-8(18)4-6(2)14(20)12(10)16(9)22;1-7(2)14-10(13)12-9-5-3-4-8(11)6-9/h3-4,17-20H,1-2H3;3-7H,1-2H3,(H,12,13). The van der Waals surface area contributed by atoms with Crippen LogP contribution >= 0.6 is 11.6 Å². The Bertz CT molecular complexity index is 1320. The summed E-state index contributed by atoms with van der Waals surface area (Å²) in [6.45, 7) is 6.51. The Labute approximate surface area is 211 Å².